The summed E-state index contributed by atoms with van der Waals surface area (Å²) in [5, 5.41) is 3.28. The second kappa shape index (κ2) is 5.71. The van der Waals surface area contributed by atoms with E-state index in [0.29, 0.717) is 4.90 Å². The Morgan fingerprint density at radius 3 is 2.61 bits per heavy atom. The maximum Gasteiger partial charge on any atom is 0.178 e. The molecular formula is C13H19NO3S. The molecule has 4 nitrogen and oxygen atoms in total. The van der Waals surface area contributed by atoms with Crippen LogP contribution in [0, 0.1) is 0 Å². The topological polar surface area (TPSA) is 55.4 Å². The fraction of sp³-hybridized carbons (Fsp3) is 0.538. The summed E-state index contributed by atoms with van der Waals surface area (Å²) >= 11 is 0. The van der Waals surface area contributed by atoms with E-state index in [1.807, 2.05) is 0 Å². The van der Waals surface area contributed by atoms with E-state index in [0.717, 1.165) is 31.7 Å². The first-order chi connectivity index (χ1) is 8.62. The summed E-state index contributed by atoms with van der Waals surface area (Å²) in [6, 6.07) is 6.70. The van der Waals surface area contributed by atoms with Crippen molar-refractivity contribution < 1.29 is 13.2 Å². The highest BCUT2D eigenvalue weighted by Gasteiger charge is 2.15. The maximum absolute atomic E-state index is 11.7. The van der Waals surface area contributed by atoms with Crippen LogP contribution in [0.1, 0.15) is 19.8 Å². The Labute approximate surface area is 108 Å². The molecule has 0 unspecified atom stereocenters. The number of ether oxygens (including phenoxy) is 1. The van der Waals surface area contributed by atoms with Crippen molar-refractivity contribution in [3.05, 3.63) is 24.3 Å². The van der Waals surface area contributed by atoms with Gasteiger partial charge in [0.15, 0.2) is 9.84 Å². The van der Waals surface area contributed by atoms with Gasteiger partial charge < -0.3 is 10.1 Å². The third kappa shape index (κ3) is 3.23. The lowest BCUT2D eigenvalue weighted by Gasteiger charge is -2.23. The number of piperidine rings is 1. The third-order valence-electron chi connectivity index (χ3n) is 3.12. The molecule has 0 bridgehead atoms. The molecule has 1 N–H and O–H groups in total. The minimum atomic E-state index is -3.12. The van der Waals surface area contributed by atoms with E-state index < -0.39 is 9.84 Å². The minimum absolute atomic E-state index is 0.125. The SMILES string of the molecule is CCS(=O)(=O)c1ccc(O[C@H]2CCCNC2)cc1. The van der Waals surface area contributed by atoms with Crippen molar-refractivity contribution in [2.24, 2.45) is 0 Å². The van der Waals surface area contributed by atoms with Gasteiger partial charge in [-0.15, -0.1) is 0 Å². The molecule has 5 heteroatoms. The molecule has 1 aliphatic heterocycles. The number of rotatable bonds is 4. The molecule has 0 spiro atoms. The van der Waals surface area contributed by atoms with E-state index >= 15 is 0 Å². The van der Waals surface area contributed by atoms with Crippen molar-refractivity contribution in [2.75, 3.05) is 18.8 Å². The standard InChI is InChI=1S/C13H19NO3S/c1-2-18(15,16)13-7-5-11(6-8-13)17-12-4-3-9-14-10-12/h5-8,12,14H,2-4,9-10H2,1H3/t12-/m0/s1. The first-order valence-electron chi connectivity index (χ1n) is 6.32. The van der Waals surface area contributed by atoms with Crippen LogP contribution in [0.15, 0.2) is 29.2 Å². The number of hydrogen-bond acceptors (Lipinski definition) is 4. The van der Waals surface area contributed by atoms with Crippen LogP contribution in [0.4, 0.5) is 0 Å². The van der Waals surface area contributed by atoms with E-state index in [4.69, 9.17) is 4.74 Å². The summed E-state index contributed by atoms with van der Waals surface area (Å²) < 4.78 is 29.1. The van der Waals surface area contributed by atoms with E-state index in [1.54, 1.807) is 31.2 Å². The molecule has 0 aliphatic carbocycles. The largest absolute Gasteiger partial charge is 0.489 e. The molecule has 100 valence electrons. The van der Waals surface area contributed by atoms with Crippen molar-refractivity contribution in [3.8, 4) is 5.75 Å². The molecule has 18 heavy (non-hydrogen) atoms. The lowest BCUT2D eigenvalue weighted by Crippen LogP contribution is -2.37. The van der Waals surface area contributed by atoms with Crippen LogP contribution in [0.5, 0.6) is 5.75 Å². The van der Waals surface area contributed by atoms with E-state index in [9.17, 15) is 8.42 Å². The fourth-order valence-electron chi connectivity index (χ4n) is 2.01. The van der Waals surface area contributed by atoms with Crippen LogP contribution in [0.2, 0.25) is 0 Å². The van der Waals surface area contributed by atoms with Gasteiger partial charge >= 0.3 is 0 Å². The van der Waals surface area contributed by atoms with Crippen molar-refractivity contribution in [1.82, 2.24) is 5.32 Å². The van der Waals surface area contributed by atoms with Crippen LogP contribution in [0.25, 0.3) is 0 Å². The second-order valence-electron chi connectivity index (χ2n) is 4.46. The highest BCUT2D eigenvalue weighted by atomic mass is 32.2. The Hall–Kier alpha value is -1.07. The summed E-state index contributed by atoms with van der Waals surface area (Å²) in [7, 11) is -3.12. The number of sulfone groups is 1. The van der Waals surface area contributed by atoms with Gasteiger partial charge in [0.1, 0.15) is 11.9 Å². The average molecular weight is 269 g/mol. The summed E-state index contributed by atoms with van der Waals surface area (Å²) in [6.07, 6.45) is 2.35. The van der Waals surface area contributed by atoms with Crippen LogP contribution in [-0.2, 0) is 9.84 Å². The van der Waals surface area contributed by atoms with Crippen LogP contribution in [0.3, 0.4) is 0 Å². The van der Waals surface area contributed by atoms with Gasteiger partial charge in [-0.1, -0.05) is 6.92 Å². The van der Waals surface area contributed by atoms with E-state index in [2.05, 4.69) is 5.32 Å². The lowest BCUT2D eigenvalue weighted by atomic mass is 10.1. The molecule has 1 aliphatic rings. The van der Waals surface area contributed by atoms with Crippen molar-refractivity contribution >= 4 is 9.84 Å². The van der Waals surface area contributed by atoms with Gasteiger partial charge in [0.2, 0.25) is 0 Å². The number of hydrogen-bond donors (Lipinski definition) is 1. The predicted octanol–water partition coefficient (Wildman–Crippen LogP) is 1.61. The molecular weight excluding hydrogens is 250 g/mol. The summed E-state index contributed by atoms with van der Waals surface area (Å²) in [6.45, 7) is 3.55. The van der Waals surface area contributed by atoms with Crippen LogP contribution < -0.4 is 10.1 Å². The summed E-state index contributed by atoms with van der Waals surface area (Å²) in [4.78, 5) is 0.360. The van der Waals surface area contributed by atoms with Crippen molar-refractivity contribution in [1.29, 1.82) is 0 Å². The Balaban J connectivity index is 2.03. The van der Waals surface area contributed by atoms with Crippen molar-refractivity contribution in [3.63, 3.8) is 0 Å². The molecule has 0 radical (unpaired) electrons. The zero-order chi connectivity index (χ0) is 13.0. The smallest absolute Gasteiger partial charge is 0.178 e. The molecule has 1 atom stereocenters. The first kappa shape index (κ1) is 13.4. The van der Waals surface area contributed by atoms with Gasteiger partial charge in [0, 0.05) is 6.54 Å². The molecule has 2 rings (SSSR count). The molecule has 1 saturated heterocycles. The zero-order valence-electron chi connectivity index (χ0n) is 10.6. The normalized spacial score (nSPS) is 20.6. The van der Waals surface area contributed by atoms with E-state index in [1.165, 1.54) is 0 Å². The van der Waals surface area contributed by atoms with Gasteiger partial charge in [-0.2, -0.15) is 0 Å². The molecule has 1 fully saturated rings. The van der Waals surface area contributed by atoms with Crippen LogP contribution >= 0.6 is 0 Å². The maximum atomic E-state index is 11.7. The predicted molar refractivity (Wildman–Crippen MR) is 70.7 cm³/mol. The third-order valence-corrected chi connectivity index (χ3v) is 4.87. The zero-order valence-corrected chi connectivity index (χ0v) is 11.4. The first-order valence-corrected chi connectivity index (χ1v) is 7.97. The van der Waals surface area contributed by atoms with Gasteiger partial charge in [-0.05, 0) is 43.7 Å². The highest BCUT2D eigenvalue weighted by molar-refractivity contribution is 7.91. The van der Waals surface area contributed by atoms with E-state index in [-0.39, 0.29) is 11.9 Å². The molecule has 0 aromatic heterocycles. The molecule has 0 amide bonds. The Morgan fingerprint density at radius 2 is 2.06 bits per heavy atom. The Kier molecular flexibility index (Phi) is 4.24. The monoisotopic (exact) mass is 269 g/mol. The summed E-state index contributed by atoms with van der Waals surface area (Å²) in [5.41, 5.74) is 0. The highest BCUT2D eigenvalue weighted by Crippen LogP contribution is 2.19. The summed E-state index contributed by atoms with van der Waals surface area (Å²) in [5.74, 6) is 0.860. The second-order valence-corrected chi connectivity index (χ2v) is 6.74. The average Bonchev–Trinajstić information content (AvgIpc) is 2.40. The van der Waals surface area contributed by atoms with Crippen LogP contribution in [-0.4, -0.2) is 33.4 Å². The number of nitrogens with one attached hydrogen (secondary N) is 1. The Bertz CT molecular complexity index is 475. The Morgan fingerprint density at radius 1 is 1.33 bits per heavy atom. The van der Waals surface area contributed by atoms with Gasteiger partial charge in [0.05, 0.1) is 10.6 Å². The quantitative estimate of drug-likeness (QED) is 0.902. The number of benzene rings is 1. The fourth-order valence-corrected chi connectivity index (χ4v) is 2.89. The molecule has 1 aromatic rings. The van der Waals surface area contributed by atoms with Gasteiger partial charge in [0.25, 0.3) is 0 Å². The molecule has 1 aromatic carbocycles. The van der Waals surface area contributed by atoms with Crippen molar-refractivity contribution in [2.45, 2.75) is 30.8 Å². The lowest BCUT2D eigenvalue weighted by molar-refractivity contribution is 0.167. The molecule has 0 saturated carbocycles. The van der Waals surface area contributed by atoms with Gasteiger partial charge in [-0.25, -0.2) is 8.42 Å². The minimum Gasteiger partial charge on any atom is -0.489 e. The van der Waals surface area contributed by atoms with Gasteiger partial charge in [-0.3, -0.25) is 0 Å². The molecule has 1 heterocycles.